The quantitative estimate of drug-likeness (QED) is 0.802. The molecule has 2 fully saturated rings. The molecule has 4 heterocycles. The molecule has 9 heteroatoms. The second kappa shape index (κ2) is 5.74. The van der Waals surface area contributed by atoms with Crippen LogP contribution in [-0.2, 0) is 11.3 Å². The number of hydrogen-bond acceptors (Lipinski definition) is 6. The average Bonchev–Trinajstić information content (AvgIpc) is 3.42. The predicted octanol–water partition coefficient (Wildman–Crippen LogP) is 0.845. The number of halogens is 1. The number of anilines is 1. The number of ether oxygens (including phenoxy) is 1. The molecule has 142 valence electrons. The van der Waals surface area contributed by atoms with Crippen LogP contribution >= 0.6 is 0 Å². The number of nitrogens with zero attached hydrogens (tertiary/aromatic N) is 3. The SMILES string of the molecule is N[C@@H]1CCN2c3c(F)cn4c(=O)c(C(=O)O)nc(C5CC5)c4c3COC[C@H]12. The van der Waals surface area contributed by atoms with Gasteiger partial charge in [0.2, 0.25) is 5.69 Å². The van der Waals surface area contributed by atoms with Crippen molar-refractivity contribution in [2.75, 3.05) is 18.1 Å². The van der Waals surface area contributed by atoms with Crippen molar-refractivity contribution in [1.29, 1.82) is 0 Å². The molecule has 0 amide bonds. The van der Waals surface area contributed by atoms with Crippen LogP contribution in [0.15, 0.2) is 11.0 Å². The third-order valence-electron chi connectivity index (χ3n) is 5.76. The maximum Gasteiger partial charge on any atom is 0.360 e. The van der Waals surface area contributed by atoms with Gasteiger partial charge < -0.3 is 20.5 Å². The minimum atomic E-state index is -1.41. The van der Waals surface area contributed by atoms with E-state index in [0.717, 1.165) is 29.9 Å². The number of carboxylic acid groups (broad SMARTS) is 1. The molecular weight excluding hydrogens is 355 g/mol. The van der Waals surface area contributed by atoms with Gasteiger partial charge in [-0.15, -0.1) is 0 Å². The number of carboxylic acids is 1. The number of pyridine rings is 1. The van der Waals surface area contributed by atoms with Gasteiger partial charge in [0, 0.05) is 24.1 Å². The van der Waals surface area contributed by atoms with Crippen LogP contribution in [0.3, 0.4) is 0 Å². The van der Waals surface area contributed by atoms with E-state index in [9.17, 15) is 14.7 Å². The molecule has 2 atom stereocenters. The van der Waals surface area contributed by atoms with E-state index in [-0.39, 0.29) is 24.6 Å². The van der Waals surface area contributed by atoms with Gasteiger partial charge in [-0.05, 0) is 19.3 Å². The van der Waals surface area contributed by atoms with E-state index in [1.807, 2.05) is 4.90 Å². The topological polar surface area (TPSA) is 110 Å². The Balaban J connectivity index is 1.86. The Hall–Kier alpha value is -2.52. The van der Waals surface area contributed by atoms with Crippen LogP contribution in [0.5, 0.6) is 0 Å². The maximum absolute atomic E-state index is 15.1. The summed E-state index contributed by atoms with van der Waals surface area (Å²) in [6.07, 6.45) is 3.55. The fraction of sp³-hybridized carbons (Fsp3) is 0.500. The fourth-order valence-electron chi connectivity index (χ4n) is 4.29. The van der Waals surface area contributed by atoms with Gasteiger partial charge in [0.05, 0.1) is 42.4 Å². The number of aromatic nitrogens is 2. The van der Waals surface area contributed by atoms with Crippen LogP contribution in [0.4, 0.5) is 10.1 Å². The summed E-state index contributed by atoms with van der Waals surface area (Å²) >= 11 is 0. The third kappa shape index (κ3) is 2.38. The highest BCUT2D eigenvalue weighted by atomic mass is 19.1. The van der Waals surface area contributed by atoms with Gasteiger partial charge in [-0.3, -0.25) is 9.20 Å². The average molecular weight is 374 g/mol. The van der Waals surface area contributed by atoms with Crippen LogP contribution in [-0.4, -0.2) is 45.7 Å². The van der Waals surface area contributed by atoms with Crippen molar-refractivity contribution >= 4 is 17.2 Å². The maximum atomic E-state index is 15.1. The number of carbonyl (C=O) groups is 1. The van der Waals surface area contributed by atoms with Crippen LogP contribution < -0.4 is 16.2 Å². The normalized spacial score (nSPS) is 24.6. The monoisotopic (exact) mass is 374 g/mol. The minimum Gasteiger partial charge on any atom is -0.476 e. The van der Waals surface area contributed by atoms with Crippen molar-refractivity contribution in [1.82, 2.24) is 9.38 Å². The van der Waals surface area contributed by atoms with E-state index in [1.165, 1.54) is 0 Å². The second-order valence-corrected chi connectivity index (χ2v) is 7.48. The highest BCUT2D eigenvalue weighted by molar-refractivity contribution is 5.86. The fourth-order valence-corrected chi connectivity index (χ4v) is 4.29. The molecule has 1 saturated carbocycles. The van der Waals surface area contributed by atoms with E-state index in [1.54, 1.807) is 0 Å². The zero-order chi connectivity index (χ0) is 18.9. The lowest BCUT2D eigenvalue weighted by Gasteiger charge is -2.28. The molecule has 0 bridgehead atoms. The van der Waals surface area contributed by atoms with E-state index in [2.05, 4.69) is 4.98 Å². The Morgan fingerprint density at radius 1 is 1.37 bits per heavy atom. The standard InChI is InChI=1S/C18H19FN4O4/c19-10-5-23-16(13(8-1-2-8)21-14(17(23)24)18(25)26)9-6-27-7-12-11(20)3-4-22(12)15(9)10/h5,8,11-12H,1-4,6-7,20H2,(H,25,26)/t11-,12-/m1/s1. The zero-order valence-corrected chi connectivity index (χ0v) is 14.5. The van der Waals surface area contributed by atoms with Crippen molar-refractivity contribution in [3.05, 3.63) is 39.3 Å². The van der Waals surface area contributed by atoms with Gasteiger partial charge in [0.25, 0.3) is 5.56 Å². The first kappa shape index (κ1) is 16.6. The number of nitrogens with two attached hydrogens (primary N) is 1. The molecule has 0 radical (unpaired) electrons. The Morgan fingerprint density at radius 3 is 2.85 bits per heavy atom. The van der Waals surface area contributed by atoms with Gasteiger partial charge in [-0.1, -0.05) is 0 Å². The largest absolute Gasteiger partial charge is 0.476 e. The lowest BCUT2D eigenvalue weighted by Crippen LogP contribution is -2.42. The molecule has 2 aromatic rings. The van der Waals surface area contributed by atoms with E-state index < -0.39 is 23.0 Å². The highest BCUT2D eigenvalue weighted by Crippen LogP contribution is 2.44. The number of hydrogen-bond donors (Lipinski definition) is 2. The zero-order valence-electron chi connectivity index (χ0n) is 14.5. The third-order valence-corrected chi connectivity index (χ3v) is 5.76. The smallest absolute Gasteiger partial charge is 0.360 e. The Bertz CT molecular complexity index is 1030. The molecule has 1 aliphatic carbocycles. The molecule has 27 heavy (non-hydrogen) atoms. The molecule has 3 aliphatic rings. The molecule has 0 spiro atoms. The summed E-state index contributed by atoms with van der Waals surface area (Å²) in [7, 11) is 0. The molecule has 0 aromatic carbocycles. The van der Waals surface area contributed by atoms with Crippen molar-refractivity contribution in [2.24, 2.45) is 5.73 Å². The summed E-state index contributed by atoms with van der Waals surface area (Å²) in [6.45, 7) is 1.12. The van der Waals surface area contributed by atoms with Gasteiger partial charge in [-0.25, -0.2) is 14.2 Å². The van der Waals surface area contributed by atoms with Crippen LogP contribution in [0, 0.1) is 5.82 Å². The summed E-state index contributed by atoms with van der Waals surface area (Å²) in [4.78, 5) is 30.2. The van der Waals surface area contributed by atoms with Gasteiger partial charge in [0.15, 0.2) is 5.82 Å². The Labute approximate surface area is 153 Å². The summed E-state index contributed by atoms with van der Waals surface area (Å²) in [5, 5.41) is 9.34. The van der Waals surface area contributed by atoms with E-state index in [0.29, 0.717) is 35.6 Å². The van der Waals surface area contributed by atoms with Crippen LogP contribution in [0.1, 0.15) is 46.9 Å². The molecule has 3 N–H and O–H groups in total. The highest BCUT2D eigenvalue weighted by Gasteiger charge is 2.39. The van der Waals surface area contributed by atoms with Crippen LogP contribution in [0.2, 0.25) is 0 Å². The molecule has 0 unspecified atom stereocenters. The van der Waals surface area contributed by atoms with Gasteiger partial charge >= 0.3 is 5.97 Å². The van der Waals surface area contributed by atoms with Crippen molar-refractivity contribution in [2.45, 2.75) is 43.9 Å². The number of rotatable bonds is 2. The molecule has 1 saturated heterocycles. The predicted molar refractivity (Wildman–Crippen MR) is 93.7 cm³/mol. The summed E-state index contributed by atoms with van der Waals surface area (Å²) in [5.41, 5.74) is 6.72. The summed E-state index contributed by atoms with van der Waals surface area (Å²) in [5.74, 6) is -1.91. The van der Waals surface area contributed by atoms with Crippen molar-refractivity contribution in [3.8, 4) is 0 Å². The van der Waals surface area contributed by atoms with E-state index >= 15 is 4.39 Å². The Morgan fingerprint density at radius 2 is 2.15 bits per heavy atom. The lowest BCUT2D eigenvalue weighted by atomic mass is 10.1. The first-order chi connectivity index (χ1) is 13.0. The van der Waals surface area contributed by atoms with Crippen LogP contribution in [0.25, 0.3) is 5.52 Å². The number of aromatic carboxylic acids is 1. The van der Waals surface area contributed by atoms with Gasteiger partial charge in [-0.2, -0.15) is 0 Å². The van der Waals surface area contributed by atoms with Crippen molar-refractivity contribution in [3.63, 3.8) is 0 Å². The molecule has 8 nitrogen and oxygen atoms in total. The van der Waals surface area contributed by atoms with E-state index in [4.69, 9.17) is 10.5 Å². The first-order valence-electron chi connectivity index (χ1n) is 9.08. The summed E-state index contributed by atoms with van der Waals surface area (Å²) in [6, 6.07) is -0.227. The molecule has 5 rings (SSSR count). The second-order valence-electron chi connectivity index (χ2n) is 7.48. The summed E-state index contributed by atoms with van der Waals surface area (Å²) < 4.78 is 22.0. The van der Waals surface area contributed by atoms with Crippen molar-refractivity contribution < 1.29 is 19.0 Å². The van der Waals surface area contributed by atoms with Gasteiger partial charge in [0.1, 0.15) is 0 Å². The minimum absolute atomic E-state index is 0.0770. The molecule has 2 aliphatic heterocycles. The molecular formula is C18H19FN4O4. The first-order valence-corrected chi connectivity index (χ1v) is 9.08. The number of fused-ring (bicyclic) bond motifs is 5. The lowest BCUT2D eigenvalue weighted by molar-refractivity contribution is 0.0687. The molecule has 2 aromatic heterocycles. The Kier molecular flexibility index (Phi) is 3.54.